The number of nitrogens with zero attached hydrogens (tertiary/aromatic N) is 1. The topological polar surface area (TPSA) is 52.3 Å². The number of benzene rings is 1. The molecular weight excluding hydrogens is 318 g/mol. The molecule has 0 spiro atoms. The Balaban J connectivity index is 2.07. The highest BCUT2D eigenvalue weighted by Gasteiger charge is 2.33. The molecule has 1 saturated carbocycles. The monoisotopic (exact) mass is 335 g/mol. The molecule has 0 atom stereocenters. The van der Waals surface area contributed by atoms with Gasteiger partial charge in [0.05, 0.1) is 28.2 Å². The number of hydrogen-bond acceptors (Lipinski definition) is 6. The van der Waals surface area contributed by atoms with Crippen LogP contribution in [0, 0.1) is 0 Å². The molecule has 1 aliphatic carbocycles. The molecule has 1 fully saturated rings. The van der Waals surface area contributed by atoms with E-state index in [0.717, 1.165) is 34.1 Å². The highest BCUT2D eigenvalue weighted by molar-refractivity contribution is 7.99. The van der Waals surface area contributed by atoms with Crippen LogP contribution in [0.25, 0.3) is 0 Å². The van der Waals surface area contributed by atoms with Crippen molar-refractivity contribution in [3.63, 3.8) is 0 Å². The Morgan fingerprint density at radius 2 is 2.05 bits per heavy atom. The number of carbonyl (C=O) groups is 1. The number of rotatable bonds is 6. The van der Waals surface area contributed by atoms with Gasteiger partial charge >= 0.3 is 0 Å². The lowest BCUT2D eigenvalue weighted by Crippen LogP contribution is -2.06. The maximum atomic E-state index is 12.9. The highest BCUT2D eigenvalue weighted by Crippen LogP contribution is 2.43. The van der Waals surface area contributed by atoms with Gasteiger partial charge in [0.15, 0.2) is 5.78 Å². The summed E-state index contributed by atoms with van der Waals surface area (Å²) >= 11 is 3.13. The third-order valence-corrected chi connectivity index (χ3v) is 5.33. The molecule has 1 aromatic heterocycles. The lowest BCUT2D eigenvalue weighted by atomic mass is 10.0. The van der Waals surface area contributed by atoms with Crippen LogP contribution in [0.1, 0.15) is 40.4 Å². The van der Waals surface area contributed by atoms with Gasteiger partial charge in [0.25, 0.3) is 0 Å². The first-order valence-electron chi connectivity index (χ1n) is 6.99. The van der Waals surface area contributed by atoms with Crippen molar-refractivity contribution in [2.75, 3.05) is 19.6 Å². The second kappa shape index (κ2) is 6.38. The fraction of sp³-hybridized carbons (Fsp3) is 0.375. The SMILES string of the molecule is COc1c(SC)ccc(C(=O)c2conc2C2CC2)c1SC. The number of methoxy groups -OCH3 is 1. The van der Waals surface area contributed by atoms with Gasteiger partial charge in [0.2, 0.25) is 0 Å². The molecule has 0 unspecified atom stereocenters. The van der Waals surface area contributed by atoms with E-state index in [1.54, 1.807) is 18.9 Å². The van der Waals surface area contributed by atoms with Crippen LogP contribution in [0.5, 0.6) is 5.75 Å². The van der Waals surface area contributed by atoms with Crippen LogP contribution >= 0.6 is 23.5 Å². The number of ketones is 1. The molecule has 0 bridgehead atoms. The first-order chi connectivity index (χ1) is 10.7. The quantitative estimate of drug-likeness (QED) is 0.581. The molecule has 0 amide bonds. The van der Waals surface area contributed by atoms with Gasteiger partial charge in [0.1, 0.15) is 12.0 Å². The summed E-state index contributed by atoms with van der Waals surface area (Å²) in [6.07, 6.45) is 7.58. The lowest BCUT2D eigenvalue weighted by molar-refractivity contribution is 0.103. The van der Waals surface area contributed by atoms with E-state index in [1.165, 1.54) is 18.0 Å². The number of ether oxygens (including phenoxy) is 1. The van der Waals surface area contributed by atoms with Gasteiger partial charge in [-0.2, -0.15) is 0 Å². The zero-order chi connectivity index (χ0) is 15.7. The Morgan fingerprint density at radius 3 is 2.64 bits per heavy atom. The minimum atomic E-state index is -0.0431. The summed E-state index contributed by atoms with van der Waals surface area (Å²) in [4.78, 5) is 14.8. The summed E-state index contributed by atoms with van der Waals surface area (Å²) in [6, 6.07) is 3.80. The maximum Gasteiger partial charge on any atom is 0.199 e. The van der Waals surface area contributed by atoms with Crippen molar-refractivity contribution in [2.45, 2.75) is 28.6 Å². The Labute approximate surface area is 138 Å². The second-order valence-corrected chi connectivity index (χ2v) is 6.76. The van der Waals surface area contributed by atoms with Crippen LogP contribution in [0.15, 0.2) is 32.7 Å². The van der Waals surface area contributed by atoms with E-state index in [9.17, 15) is 4.79 Å². The Kier molecular flexibility index (Phi) is 4.49. The standard InChI is InChI=1S/C16H17NO3S2/c1-19-15-12(21-2)7-6-10(16(15)22-3)14(18)11-8-20-17-13(11)9-4-5-9/h6-9H,4-5H2,1-3H3. The Bertz CT molecular complexity index is 707. The van der Waals surface area contributed by atoms with Crippen LogP contribution < -0.4 is 4.74 Å². The van der Waals surface area contributed by atoms with Crippen LogP contribution in [-0.4, -0.2) is 30.6 Å². The third-order valence-electron chi connectivity index (χ3n) is 3.76. The van der Waals surface area contributed by atoms with Gasteiger partial charge in [-0.15, -0.1) is 23.5 Å². The first kappa shape index (κ1) is 15.5. The molecule has 0 aliphatic heterocycles. The number of carbonyl (C=O) groups excluding carboxylic acids is 1. The molecule has 22 heavy (non-hydrogen) atoms. The summed E-state index contributed by atoms with van der Waals surface area (Å²) in [5.74, 6) is 1.09. The first-order valence-corrected chi connectivity index (χ1v) is 9.44. The van der Waals surface area contributed by atoms with Crippen LogP contribution in [0.4, 0.5) is 0 Å². The largest absolute Gasteiger partial charge is 0.494 e. The van der Waals surface area contributed by atoms with Crippen molar-refractivity contribution < 1.29 is 14.1 Å². The number of hydrogen-bond donors (Lipinski definition) is 0. The summed E-state index contributed by atoms with van der Waals surface area (Å²) in [6.45, 7) is 0. The molecular formula is C16H17NO3S2. The van der Waals surface area contributed by atoms with Gasteiger partial charge in [-0.05, 0) is 37.5 Å². The van der Waals surface area contributed by atoms with Crippen molar-refractivity contribution in [3.8, 4) is 5.75 Å². The van der Waals surface area contributed by atoms with Gasteiger partial charge in [-0.3, -0.25) is 4.79 Å². The van der Waals surface area contributed by atoms with Crippen LogP contribution in [-0.2, 0) is 0 Å². The van der Waals surface area contributed by atoms with Gasteiger partial charge < -0.3 is 9.26 Å². The predicted molar refractivity (Wildman–Crippen MR) is 88.5 cm³/mol. The molecule has 4 nitrogen and oxygen atoms in total. The minimum absolute atomic E-state index is 0.0431. The third kappa shape index (κ3) is 2.65. The zero-order valence-electron chi connectivity index (χ0n) is 12.7. The van der Waals surface area contributed by atoms with E-state index in [1.807, 2.05) is 24.6 Å². The number of aromatic nitrogens is 1. The van der Waals surface area contributed by atoms with Crippen molar-refractivity contribution in [2.24, 2.45) is 0 Å². The fourth-order valence-electron chi connectivity index (χ4n) is 2.49. The highest BCUT2D eigenvalue weighted by atomic mass is 32.2. The van der Waals surface area contributed by atoms with E-state index in [-0.39, 0.29) is 5.78 Å². The van der Waals surface area contributed by atoms with E-state index in [4.69, 9.17) is 9.26 Å². The molecule has 6 heteroatoms. The van der Waals surface area contributed by atoms with E-state index in [2.05, 4.69) is 5.16 Å². The maximum absolute atomic E-state index is 12.9. The zero-order valence-corrected chi connectivity index (χ0v) is 14.3. The van der Waals surface area contributed by atoms with Gasteiger partial charge in [0, 0.05) is 11.5 Å². The predicted octanol–water partition coefficient (Wildman–Crippen LogP) is 4.24. The molecule has 0 N–H and O–H groups in total. The molecule has 1 aromatic carbocycles. The molecule has 2 aromatic rings. The molecule has 1 aliphatic rings. The number of thioether (sulfide) groups is 2. The summed E-state index contributed by atoms with van der Waals surface area (Å²) in [5.41, 5.74) is 2.02. The smallest absolute Gasteiger partial charge is 0.199 e. The van der Waals surface area contributed by atoms with Crippen LogP contribution in [0.3, 0.4) is 0 Å². The molecule has 1 heterocycles. The summed E-state index contributed by atoms with van der Waals surface area (Å²) in [5, 5.41) is 4.02. The van der Waals surface area contributed by atoms with Crippen molar-refractivity contribution >= 4 is 29.3 Å². The summed E-state index contributed by atoms with van der Waals surface area (Å²) in [7, 11) is 1.64. The molecule has 0 saturated heterocycles. The van der Waals surface area contributed by atoms with Crippen molar-refractivity contribution in [1.29, 1.82) is 0 Å². The minimum Gasteiger partial charge on any atom is -0.494 e. The van der Waals surface area contributed by atoms with Gasteiger partial charge in [-0.1, -0.05) is 5.16 Å². The van der Waals surface area contributed by atoms with Crippen molar-refractivity contribution in [3.05, 3.63) is 35.2 Å². The average Bonchev–Trinajstić information content (AvgIpc) is 3.29. The van der Waals surface area contributed by atoms with E-state index >= 15 is 0 Å². The van der Waals surface area contributed by atoms with Crippen LogP contribution in [0.2, 0.25) is 0 Å². The van der Waals surface area contributed by atoms with Crippen molar-refractivity contribution in [1.82, 2.24) is 5.16 Å². The average molecular weight is 335 g/mol. The molecule has 116 valence electrons. The molecule has 3 rings (SSSR count). The lowest BCUT2D eigenvalue weighted by Gasteiger charge is -2.14. The van der Waals surface area contributed by atoms with Gasteiger partial charge in [-0.25, -0.2) is 0 Å². The fourth-order valence-corrected chi connectivity index (χ4v) is 3.89. The van der Waals surface area contributed by atoms with E-state index in [0.29, 0.717) is 17.0 Å². The normalized spacial score (nSPS) is 14.1. The van der Waals surface area contributed by atoms with E-state index < -0.39 is 0 Å². The second-order valence-electron chi connectivity index (χ2n) is 5.10. The Morgan fingerprint density at radius 1 is 1.27 bits per heavy atom. The summed E-state index contributed by atoms with van der Waals surface area (Å²) < 4.78 is 10.6. The molecule has 0 radical (unpaired) electrons. The Hall–Kier alpha value is -1.40.